The fourth-order valence-electron chi connectivity index (χ4n) is 4.47. The molecular formula is C20H24N2O4. The third kappa shape index (κ3) is 2.83. The fraction of sp³-hybridized carbons (Fsp3) is 0.500. The van der Waals surface area contributed by atoms with E-state index in [1.165, 1.54) is 0 Å². The molecule has 2 fully saturated rings. The Hall–Kier alpha value is -2.18. The molecule has 0 spiro atoms. The maximum Gasteiger partial charge on any atom is 0.240 e. The number of amides is 1. The van der Waals surface area contributed by atoms with Crippen LogP contribution in [0, 0.1) is 18.8 Å². The van der Waals surface area contributed by atoms with Gasteiger partial charge in [-0.25, -0.2) is 0 Å². The first kappa shape index (κ1) is 17.2. The molecule has 2 heterocycles. The molecule has 0 unspecified atom stereocenters. The zero-order valence-electron chi connectivity index (χ0n) is 15.1. The van der Waals surface area contributed by atoms with Crippen LogP contribution in [0.5, 0.6) is 0 Å². The van der Waals surface area contributed by atoms with E-state index in [0.29, 0.717) is 17.9 Å². The van der Waals surface area contributed by atoms with E-state index in [0.717, 1.165) is 24.2 Å². The van der Waals surface area contributed by atoms with Gasteiger partial charge in [-0.15, -0.1) is 0 Å². The first-order valence-electron chi connectivity index (χ1n) is 9.09. The van der Waals surface area contributed by atoms with Crippen LogP contribution in [-0.2, 0) is 20.8 Å². The zero-order chi connectivity index (χ0) is 18.3. The lowest BCUT2D eigenvalue weighted by Gasteiger charge is -2.47. The average Bonchev–Trinajstić information content (AvgIpc) is 3.06. The van der Waals surface area contributed by atoms with Gasteiger partial charge in [0.1, 0.15) is 6.54 Å². The van der Waals surface area contributed by atoms with Crippen molar-refractivity contribution in [3.63, 3.8) is 0 Å². The van der Waals surface area contributed by atoms with E-state index in [-0.39, 0.29) is 35.9 Å². The Morgan fingerprint density at radius 3 is 3.00 bits per heavy atom. The van der Waals surface area contributed by atoms with Gasteiger partial charge in [0.05, 0.1) is 18.2 Å². The van der Waals surface area contributed by atoms with Crippen molar-refractivity contribution >= 4 is 16.8 Å². The van der Waals surface area contributed by atoms with Crippen LogP contribution in [0.2, 0.25) is 0 Å². The molecule has 1 saturated carbocycles. The van der Waals surface area contributed by atoms with Crippen LogP contribution in [-0.4, -0.2) is 42.9 Å². The van der Waals surface area contributed by atoms with Gasteiger partial charge in [-0.3, -0.25) is 9.59 Å². The maximum absolute atomic E-state index is 12.7. The van der Waals surface area contributed by atoms with Gasteiger partial charge in [-0.2, -0.15) is 0 Å². The summed E-state index contributed by atoms with van der Waals surface area (Å²) in [6, 6.07) is 9.10. The number of hydrogen-bond acceptors (Lipinski definition) is 4. The largest absolute Gasteiger partial charge is 0.384 e. The smallest absolute Gasteiger partial charge is 0.240 e. The topological polar surface area (TPSA) is 69.6 Å². The van der Waals surface area contributed by atoms with Crippen molar-refractivity contribution < 1.29 is 14.3 Å². The SMILES string of the molecule is COC[C@@H]1[C@H](NC(=O)Cn2c(C)cc(=O)c3ccccc32)[C@@H]2CCO[C@H]12. The van der Waals surface area contributed by atoms with Crippen molar-refractivity contribution in [2.75, 3.05) is 20.3 Å². The number of carbonyl (C=O) groups excluding carboxylic acids is 1. The molecule has 6 nitrogen and oxygen atoms in total. The third-order valence-electron chi connectivity index (χ3n) is 5.74. The number of nitrogens with zero attached hydrogens (tertiary/aromatic N) is 1. The van der Waals surface area contributed by atoms with Crippen LogP contribution in [0.25, 0.3) is 10.9 Å². The molecule has 0 bridgehead atoms. The number of benzene rings is 1. The highest BCUT2D eigenvalue weighted by atomic mass is 16.5. The Labute approximate surface area is 152 Å². The molecule has 2 aromatic rings. The molecule has 4 atom stereocenters. The lowest BCUT2D eigenvalue weighted by molar-refractivity contribution is -0.130. The second-order valence-electron chi connectivity index (χ2n) is 7.25. The number of fused-ring (bicyclic) bond motifs is 2. The van der Waals surface area contributed by atoms with Crippen molar-refractivity contribution in [3.05, 3.63) is 46.2 Å². The number of pyridine rings is 1. The summed E-state index contributed by atoms with van der Waals surface area (Å²) in [6.45, 7) is 3.40. The van der Waals surface area contributed by atoms with Gasteiger partial charge in [-0.05, 0) is 25.5 Å². The number of rotatable bonds is 5. The lowest BCUT2D eigenvalue weighted by atomic mass is 9.67. The van der Waals surface area contributed by atoms with E-state index in [1.54, 1.807) is 19.2 Å². The predicted octanol–water partition coefficient (Wildman–Crippen LogP) is 1.48. The number of aromatic nitrogens is 1. The van der Waals surface area contributed by atoms with Crippen molar-refractivity contribution in [2.24, 2.45) is 11.8 Å². The average molecular weight is 356 g/mol. The van der Waals surface area contributed by atoms with Crippen molar-refractivity contribution in [3.8, 4) is 0 Å². The molecule has 6 heteroatoms. The van der Waals surface area contributed by atoms with E-state index in [4.69, 9.17) is 9.47 Å². The van der Waals surface area contributed by atoms with Gasteiger partial charge in [-0.1, -0.05) is 12.1 Å². The van der Waals surface area contributed by atoms with Crippen LogP contribution >= 0.6 is 0 Å². The van der Waals surface area contributed by atoms with Crippen LogP contribution in [0.4, 0.5) is 0 Å². The Morgan fingerprint density at radius 2 is 2.19 bits per heavy atom. The van der Waals surface area contributed by atoms with Gasteiger partial charge in [0.15, 0.2) is 5.43 Å². The molecule has 1 saturated heterocycles. The standard InChI is InChI=1S/C20H24N2O4/c1-12-9-17(23)13-5-3-4-6-16(13)22(12)10-18(24)21-19-14-7-8-26-20(14)15(19)11-25-2/h3-6,9,14-15,19-20H,7-8,10-11H2,1-2H3,(H,21,24)/t14-,15+,19+,20-/m0/s1. The van der Waals surface area contributed by atoms with Crippen LogP contribution in [0.3, 0.4) is 0 Å². The summed E-state index contributed by atoms with van der Waals surface area (Å²) in [5.41, 5.74) is 1.56. The molecule has 138 valence electrons. The highest BCUT2D eigenvalue weighted by Gasteiger charge is 2.54. The molecule has 1 aliphatic carbocycles. The first-order valence-corrected chi connectivity index (χ1v) is 9.09. The van der Waals surface area contributed by atoms with Crippen molar-refractivity contribution in [2.45, 2.75) is 32.0 Å². The number of nitrogens with one attached hydrogen (secondary N) is 1. The predicted molar refractivity (Wildman–Crippen MR) is 98.1 cm³/mol. The molecule has 1 N–H and O–H groups in total. The highest BCUT2D eigenvalue weighted by Crippen LogP contribution is 2.43. The lowest BCUT2D eigenvalue weighted by Crippen LogP contribution is -2.63. The van der Waals surface area contributed by atoms with E-state index < -0.39 is 0 Å². The van der Waals surface area contributed by atoms with Gasteiger partial charge in [0.2, 0.25) is 5.91 Å². The molecule has 26 heavy (non-hydrogen) atoms. The molecule has 1 aromatic carbocycles. The number of methoxy groups -OCH3 is 1. The molecule has 1 amide bonds. The minimum Gasteiger partial charge on any atom is -0.384 e. The Morgan fingerprint density at radius 1 is 1.38 bits per heavy atom. The first-order chi connectivity index (χ1) is 12.6. The number of aryl methyl sites for hydroxylation is 1. The summed E-state index contributed by atoms with van der Waals surface area (Å²) in [5, 5.41) is 3.82. The summed E-state index contributed by atoms with van der Waals surface area (Å²) in [6.07, 6.45) is 1.19. The number of carbonyl (C=O) groups is 1. The highest BCUT2D eigenvalue weighted by molar-refractivity contribution is 5.82. The Balaban J connectivity index is 1.54. The van der Waals surface area contributed by atoms with E-state index in [9.17, 15) is 9.59 Å². The second-order valence-corrected chi connectivity index (χ2v) is 7.25. The molecular weight excluding hydrogens is 332 g/mol. The summed E-state index contributed by atoms with van der Waals surface area (Å²) in [7, 11) is 1.68. The summed E-state index contributed by atoms with van der Waals surface area (Å²) in [5.74, 6) is 0.549. The van der Waals surface area contributed by atoms with Crippen molar-refractivity contribution in [1.82, 2.24) is 9.88 Å². The number of ether oxygens (including phenoxy) is 2. The van der Waals surface area contributed by atoms with Crippen LogP contribution in [0.1, 0.15) is 12.1 Å². The minimum atomic E-state index is -0.0432. The fourth-order valence-corrected chi connectivity index (χ4v) is 4.47. The quantitative estimate of drug-likeness (QED) is 0.881. The van der Waals surface area contributed by atoms with Gasteiger partial charge in [0, 0.05) is 48.7 Å². The summed E-state index contributed by atoms with van der Waals surface area (Å²) < 4.78 is 13.0. The normalized spacial score (nSPS) is 27.2. The van der Waals surface area contributed by atoms with E-state index in [1.807, 2.05) is 29.7 Å². The van der Waals surface area contributed by atoms with Crippen LogP contribution in [0.15, 0.2) is 35.1 Å². The van der Waals surface area contributed by atoms with Crippen molar-refractivity contribution in [1.29, 1.82) is 0 Å². The van der Waals surface area contributed by atoms with Crippen LogP contribution < -0.4 is 10.7 Å². The number of hydrogen-bond donors (Lipinski definition) is 1. The molecule has 1 aliphatic heterocycles. The molecule has 2 aliphatic rings. The Kier molecular flexibility index (Phi) is 4.54. The summed E-state index contributed by atoms with van der Waals surface area (Å²) in [4.78, 5) is 24.9. The second kappa shape index (κ2) is 6.85. The molecule has 0 radical (unpaired) electrons. The Bertz CT molecular complexity index is 891. The third-order valence-corrected chi connectivity index (χ3v) is 5.74. The van der Waals surface area contributed by atoms with Gasteiger partial charge in [0.25, 0.3) is 0 Å². The summed E-state index contributed by atoms with van der Waals surface area (Å²) >= 11 is 0. The number of para-hydroxylation sites is 1. The zero-order valence-corrected chi connectivity index (χ0v) is 15.1. The molecule has 1 aromatic heterocycles. The minimum absolute atomic E-state index is 0.0140. The van der Waals surface area contributed by atoms with E-state index in [2.05, 4.69) is 5.32 Å². The monoisotopic (exact) mass is 356 g/mol. The molecule has 4 rings (SSSR count). The van der Waals surface area contributed by atoms with Gasteiger partial charge >= 0.3 is 0 Å². The van der Waals surface area contributed by atoms with E-state index >= 15 is 0 Å². The maximum atomic E-state index is 12.7. The van der Waals surface area contributed by atoms with Gasteiger partial charge < -0.3 is 19.4 Å².